The van der Waals surface area contributed by atoms with Gasteiger partial charge in [0, 0.05) is 5.56 Å². The lowest BCUT2D eigenvalue weighted by Gasteiger charge is -2.34. The second-order valence-electron chi connectivity index (χ2n) is 5.38. The second kappa shape index (κ2) is 3.75. The first-order valence-electron chi connectivity index (χ1n) is 5.56. The molecule has 16 heavy (non-hydrogen) atoms. The predicted molar refractivity (Wildman–Crippen MR) is 62.9 cm³/mol. The van der Waals surface area contributed by atoms with Gasteiger partial charge in [0.15, 0.2) is 0 Å². The van der Waals surface area contributed by atoms with Gasteiger partial charge in [0.25, 0.3) is 0 Å². The number of hydrogen-bond acceptors (Lipinski definition) is 3. The number of phenolic OH excluding ortho intramolecular Hbond substituents is 1. The van der Waals surface area contributed by atoms with E-state index in [1.165, 1.54) is 0 Å². The third-order valence-corrected chi connectivity index (χ3v) is 3.12. The second-order valence-corrected chi connectivity index (χ2v) is 5.38. The van der Waals surface area contributed by atoms with Crippen molar-refractivity contribution >= 4 is 0 Å². The first kappa shape index (κ1) is 11.4. The zero-order valence-electron chi connectivity index (χ0n) is 10.3. The molecular weight excluding hydrogens is 202 g/mol. The van der Waals surface area contributed by atoms with Gasteiger partial charge >= 0.3 is 0 Å². The van der Waals surface area contributed by atoms with Gasteiger partial charge in [0.1, 0.15) is 5.75 Å². The number of fused-ring (bicyclic) bond motifs is 1. The molecule has 2 rings (SSSR count). The third kappa shape index (κ3) is 1.70. The fourth-order valence-electron chi connectivity index (χ4n) is 2.49. The van der Waals surface area contributed by atoms with Crippen molar-refractivity contribution in [1.29, 1.82) is 0 Å². The maximum Gasteiger partial charge on any atom is 0.120 e. The molecule has 88 valence electrons. The molecule has 3 nitrogen and oxygen atoms in total. The SMILES string of the molecule is CON1Cc2cccc(O)c2C1C(C)(C)C. The van der Waals surface area contributed by atoms with Gasteiger partial charge in [-0.1, -0.05) is 32.9 Å². The number of aromatic hydroxyl groups is 1. The average Bonchev–Trinajstić information content (AvgIpc) is 2.57. The van der Waals surface area contributed by atoms with Crippen LogP contribution in [0.1, 0.15) is 37.9 Å². The van der Waals surface area contributed by atoms with Crippen molar-refractivity contribution in [1.82, 2.24) is 5.06 Å². The molecule has 1 aliphatic rings. The summed E-state index contributed by atoms with van der Waals surface area (Å²) in [5, 5.41) is 11.9. The fourth-order valence-corrected chi connectivity index (χ4v) is 2.49. The van der Waals surface area contributed by atoms with Gasteiger partial charge in [0.2, 0.25) is 0 Å². The van der Waals surface area contributed by atoms with E-state index < -0.39 is 0 Å². The monoisotopic (exact) mass is 221 g/mol. The van der Waals surface area contributed by atoms with E-state index in [1.54, 1.807) is 13.2 Å². The van der Waals surface area contributed by atoms with Crippen molar-refractivity contribution in [3.63, 3.8) is 0 Å². The van der Waals surface area contributed by atoms with Crippen LogP contribution in [0.5, 0.6) is 5.75 Å². The van der Waals surface area contributed by atoms with Crippen LogP contribution in [-0.2, 0) is 11.4 Å². The van der Waals surface area contributed by atoms with E-state index in [9.17, 15) is 5.11 Å². The van der Waals surface area contributed by atoms with Gasteiger partial charge in [-0.15, -0.1) is 0 Å². The molecule has 1 heterocycles. The molecule has 0 aromatic heterocycles. The van der Waals surface area contributed by atoms with Crippen LogP contribution in [0.2, 0.25) is 0 Å². The summed E-state index contributed by atoms with van der Waals surface area (Å²) in [4.78, 5) is 5.41. The Morgan fingerprint density at radius 2 is 2.06 bits per heavy atom. The van der Waals surface area contributed by atoms with Crippen molar-refractivity contribution in [3.8, 4) is 5.75 Å². The van der Waals surface area contributed by atoms with Gasteiger partial charge < -0.3 is 9.94 Å². The number of nitrogens with zero attached hydrogens (tertiary/aromatic N) is 1. The highest BCUT2D eigenvalue weighted by molar-refractivity contribution is 5.44. The van der Waals surface area contributed by atoms with Gasteiger partial charge in [-0.25, -0.2) is 0 Å². The van der Waals surface area contributed by atoms with Gasteiger partial charge in [-0.05, 0) is 17.0 Å². The molecule has 1 aromatic rings. The number of rotatable bonds is 1. The molecule has 0 fully saturated rings. The number of hydrogen-bond donors (Lipinski definition) is 1. The van der Waals surface area contributed by atoms with E-state index >= 15 is 0 Å². The van der Waals surface area contributed by atoms with Crippen LogP contribution in [-0.4, -0.2) is 17.3 Å². The number of phenols is 1. The Balaban J connectivity index is 2.52. The first-order valence-corrected chi connectivity index (χ1v) is 5.56. The summed E-state index contributed by atoms with van der Waals surface area (Å²) in [5.41, 5.74) is 2.19. The Bertz CT molecular complexity index is 395. The molecule has 0 saturated heterocycles. The molecule has 0 saturated carbocycles. The molecular formula is C13H19NO2. The highest BCUT2D eigenvalue weighted by atomic mass is 16.7. The molecule has 1 aromatic carbocycles. The summed E-state index contributed by atoms with van der Waals surface area (Å²) < 4.78 is 0. The van der Waals surface area contributed by atoms with E-state index in [4.69, 9.17) is 4.84 Å². The zero-order chi connectivity index (χ0) is 11.9. The minimum absolute atomic E-state index is 0.0279. The minimum atomic E-state index is 0.0279. The predicted octanol–water partition coefficient (Wildman–Crippen LogP) is 2.86. The third-order valence-electron chi connectivity index (χ3n) is 3.12. The summed E-state index contributed by atoms with van der Waals surface area (Å²) in [6.45, 7) is 7.21. The van der Waals surface area contributed by atoms with Crippen LogP contribution in [0.15, 0.2) is 18.2 Å². The van der Waals surface area contributed by atoms with Crippen molar-refractivity contribution in [3.05, 3.63) is 29.3 Å². The highest BCUT2D eigenvalue weighted by Gasteiger charge is 2.40. The Morgan fingerprint density at radius 3 is 2.62 bits per heavy atom. The Kier molecular flexibility index (Phi) is 2.68. The van der Waals surface area contributed by atoms with E-state index in [0.717, 1.165) is 17.7 Å². The van der Waals surface area contributed by atoms with Gasteiger partial charge in [-0.3, -0.25) is 0 Å². The standard InChI is InChI=1S/C13H19NO2/c1-13(2,3)12-11-9(8-14(12)16-4)6-5-7-10(11)15/h5-7,12,15H,8H2,1-4H3. The average molecular weight is 221 g/mol. The van der Waals surface area contributed by atoms with Crippen molar-refractivity contribution < 1.29 is 9.94 Å². The van der Waals surface area contributed by atoms with Crippen molar-refractivity contribution in [2.24, 2.45) is 5.41 Å². The summed E-state index contributed by atoms with van der Waals surface area (Å²) >= 11 is 0. The molecule has 0 amide bonds. The quantitative estimate of drug-likeness (QED) is 0.791. The van der Waals surface area contributed by atoms with Crippen LogP contribution in [0.4, 0.5) is 0 Å². The molecule has 3 heteroatoms. The Hall–Kier alpha value is -1.06. The maximum absolute atomic E-state index is 10.00. The number of hydroxylamine groups is 2. The van der Waals surface area contributed by atoms with E-state index in [0.29, 0.717) is 5.75 Å². The van der Waals surface area contributed by atoms with E-state index in [2.05, 4.69) is 20.8 Å². The molecule has 0 radical (unpaired) electrons. The lowest BCUT2D eigenvalue weighted by molar-refractivity contribution is -0.183. The van der Waals surface area contributed by atoms with Crippen molar-refractivity contribution in [2.45, 2.75) is 33.4 Å². The topological polar surface area (TPSA) is 32.7 Å². The van der Waals surface area contributed by atoms with Gasteiger partial charge in [-0.2, -0.15) is 5.06 Å². The molecule has 1 N–H and O–H groups in total. The Labute approximate surface area is 96.6 Å². The molecule has 1 unspecified atom stereocenters. The highest BCUT2D eigenvalue weighted by Crippen LogP contribution is 2.48. The maximum atomic E-state index is 10.00. The lowest BCUT2D eigenvalue weighted by Crippen LogP contribution is -2.30. The van der Waals surface area contributed by atoms with Crippen LogP contribution >= 0.6 is 0 Å². The smallest absolute Gasteiger partial charge is 0.120 e. The van der Waals surface area contributed by atoms with E-state index in [1.807, 2.05) is 17.2 Å². The molecule has 0 spiro atoms. The summed E-state index contributed by atoms with van der Waals surface area (Å²) in [7, 11) is 1.68. The lowest BCUT2D eigenvalue weighted by atomic mass is 9.82. The first-order chi connectivity index (χ1) is 7.45. The fraction of sp³-hybridized carbons (Fsp3) is 0.538. The summed E-state index contributed by atoms with van der Waals surface area (Å²) in [6.07, 6.45) is 0. The van der Waals surface area contributed by atoms with Crippen LogP contribution in [0, 0.1) is 5.41 Å². The molecule has 0 aliphatic carbocycles. The van der Waals surface area contributed by atoms with E-state index in [-0.39, 0.29) is 11.5 Å². The molecule has 0 bridgehead atoms. The van der Waals surface area contributed by atoms with Crippen LogP contribution < -0.4 is 0 Å². The summed E-state index contributed by atoms with van der Waals surface area (Å²) in [5.74, 6) is 0.372. The van der Waals surface area contributed by atoms with Crippen LogP contribution in [0.25, 0.3) is 0 Å². The van der Waals surface area contributed by atoms with Gasteiger partial charge in [0.05, 0.1) is 19.7 Å². The van der Waals surface area contributed by atoms with Crippen molar-refractivity contribution in [2.75, 3.05) is 7.11 Å². The van der Waals surface area contributed by atoms with Crippen LogP contribution in [0.3, 0.4) is 0 Å². The largest absolute Gasteiger partial charge is 0.508 e. The number of benzene rings is 1. The minimum Gasteiger partial charge on any atom is -0.508 e. The zero-order valence-corrected chi connectivity index (χ0v) is 10.3. The Morgan fingerprint density at radius 1 is 1.38 bits per heavy atom. The normalized spacial score (nSPS) is 21.1. The molecule has 1 aliphatic heterocycles. The molecule has 1 atom stereocenters. The summed E-state index contributed by atoms with van der Waals surface area (Å²) in [6, 6.07) is 5.78.